The van der Waals surface area contributed by atoms with Crippen LogP contribution in [0.2, 0.25) is 0 Å². The van der Waals surface area contributed by atoms with Gasteiger partial charge in [-0.3, -0.25) is 9.59 Å². The van der Waals surface area contributed by atoms with Crippen LogP contribution in [0.15, 0.2) is 36.5 Å². The van der Waals surface area contributed by atoms with Crippen LogP contribution in [0.3, 0.4) is 0 Å². The Morgan fingerprint density at radius 3 is 2.53 bits per heavy atom. The third-order valence-electron chi connectivity index (χ3n) is 5.93. The second kappa shape index (κ2) is 10.4. The molecule has 2 aliphatic heterocycles. The Bertz CT molecular complexity index is 1050. The average molecular weight is 469 g/mol. The Hall–Kier alpha value is -3.86. The van der Waals surface area contributed by atoms with Gasteiger partial charge in [-0.2, -0.15) is 0 Å². The highest BCUT2D eigenvalue weighted by Crippen LogP contribution is 2.27. The molecule has 11 nitrogen and oxygen atoms in total. The summed E-state index contributed by atoms with van der Waals surface area (Å²) in [6.45, 7) is 3.45. The van der Waals surface area contributed by atoms with Gasteiger partial charge in [-0.25, -0.2) is 9.78 Å². The summed E-state index contributed by atoms with van der Waals surface area (Å²) in [7, 11) is 0. The molecule has 1 atom stereocenters. The molecule has 0 spiro atoms. The summed E-state index contributed by atoms with van der Waals surface area (Å²) in [5.41, 5.74) is 8.05. The van der Waals surface area contributed by atoms with E-state index in [1.807, 2.05) is 4.90 Å². The van der Waals surface area contributed by atoms with Crippen LogP contribution in [0.5, 0.6) is 0 Å². The van der Waals surface area contributed by atoms with E-state index in [1.165, 1.54) is 0 Å². The van der Waals surface area contributed by atoms with E-state index in [4.69, 9.17) is 15.6 Å². The molecule has 0 saturated carbocycles. The van der Waals surface area contributed by atoms with E-state index in [1.54, 1.807) is 41.4 Å². The van der Waals surface area contributed by atoms with Gasteiger partial charge >= 0.3 is 6.09 Å². The van der Waals surface area contributed by atoms with Gasteiger partial charge in [-0.05, 0) is 43.2 Å². The van der Waals surface area contributed by atoms with Crippen molar-refractivity contribution in [2.75, 3.05) is 49.6 Å². The minimum absolute atomic E-state index is 0.0500. The Balaban J connectivity index is 1.50. The van der Waals surface area contributed by atoms with Gasteiger partial charge in [-0.1, -0.05) is 0 Å². The number of carboxylic acid groups (broad SMARTS) is 1. The number of aromatic nitrogens is 1. The van der Waals surface area contributed by atoms with Crippen LogP contribution < -0.4 is 21.3 Å². The van der Waals surface area contributed by atoms with Crippen molar-refractivity contribution in [1.82, 2.24) is 15.2 Å². The monoisotopic (exact) mass is 468 g/mol. The van der Waals surface area contributed by atoms with Gasteiger partial charge in [0.05, 0.1) is 30.8 Å². The number of benzene rings is 1. The van der Waals surface area contributed by atoms with Gasteiger partial charge in [0, 0.05) is 43.5 Å². The van der Waals surface area contributed by atoms with Crippen molar-refractivity contribution < 1.29 is 24.2 Å². The lowest BCUT2D eigenvalue weighted by molar-refractivity contribution is 0.0303. The molecule has 0 unspecified atom stereocenters. The number of morpholine rings is 1. The molecular weight excluding hydrogens is 440 g/mol. The minimum Gasteiger partial charge on any atom is -0.465 e. The first-order valence-electron chi connectivity index (χ1n) is 11.2. The Labute approximate surface area is 196 Å². The average Bonchev–Trinajstić information content (AvgIpc) is 2.84. The van der Waals surface area contributed by atoms with Gasteiger partial charge in [0.25, 0.3) is 11.8 Å². The lowest BCUT2D eigenvalue weighted by Gasteiger charge is -2.34. The maximum Gasteiger partial charge on any atom is 0.404 e. The number of ether oxygens (including phenoxy) is 1. The molecule has 180 valence electrons. The molecule has 1 aromatic carbocycles. The highest BCUT2D eigenvalue weighted by molar-refractivity contribution is 5.98. The summed E-state index contributed by atoms with van der Waals surface area (Å²) in [4.78, 5) is 43.7. The van der Waals surface area contributed by atoms with Crippen LogP contribution in [-0.2, 0) is 4.74 Å². The summed E-state index contributed by atoms with van der Waals surface area (Å²) >= 11 is 0. The fraction of sp³-hybridized carbons (Fsp3) is 0.391. The summed E-state index contributed by atoms with van der Waals surface area (Å²) in [5.74, 6) is -0.719. The standard InChI is InChI=1S/C23H28N6O5/c24-21(30)20-19(12-18(13-25-20)29-7-1-2-17(14-29)27-23(32)33)26-16-5-3-15(4-6-16)22(31)28-8-10-34-11-9-28/h3-6,12-13,17,26-27H,1-2,7-11,14H2,(H2,24,30)(H,32,33)/t17-/m1/s1. The van der Waals surface area contributed by atoms with Gasteiger partial charge < -0.3 is 36.0 Å². The SMILES string of the molecule is NC(=O)c1ncc(N2CCC[C@@H](NC(=O)O)C2)cc1Nc1ccc(C(=O)N2CCOCC2)cc1. The number of anilines is 3. The van der Waals surface area contributed by atoms with Gasteiger partial charge in [0.2, 0.25) is 0 Å². The zero-order valence-corrected chi connectivity index (χ0v) is 18.7. The van der Waals surface area contributed by atoms with E-state index in [2.05, 4.69) is 15.6 Å². The summed E-state index contributed by atoms with van der Waals surface area (Å²) in [5, 5.41) is 14.7. The highest BCUT2D eigenvalue weighted by Gasteiger charge is 2.23. The number of rotatable bonds is 6. The predicted octanol–water partition coefficient (Wildman–Crippen LogP) is 1.63. The lowest BCUT2D eigenvalue weighted by atomic mass is 10.1. The fourth-order valence-corrected chi connectivity index (χ4v) is 4.22. The van der Waals surface area contributed by atoms with E-state index in [0.717, 1.165) is 25.1 Å². The molecule has 0 aliphatic carbocycles. The molecule has 2 fully saturated rings. The maximum atomic E-state index is 12.7. The second-order valence-electron chi connectivity index (χ2n) is 8.30. The third-order valence-corrected chi connectivity index (χ3v) is 5.93. The molecule has 2 saturated heterocycles. The van der Waals surface area contributed by atoms with Crippen molar-refractivity contribution in [3.63, 3.8) is 0 Å². The van der Waals surface area contributed by atoms with Crippen molar-refractivity contribution in [2.45, 2.75) is 18.9 Å². The van der Waals surface area contributed by atoms with Crippen LogP contribution in [-0.4, -0.2) is 78.3 Å². The van der Waals surface area contributed by atoms with Crippen LogP contribution in [0.25, 0.3) is 0 Å². The number of pyridine rings is 1. The zero-order valence-electron chi connectivity index (χ0n) is 18.7. The normalized spacial score (nSPS) is 18.3. The van der Waals surface area contributed by atoms with Crippen molar-refractivity contribution in [1.29, 1.82) is 0 Å². The molecule has 34 heavy (non-hydrogen) atoms. The van der Waals surface area contributed by atoms with Crippen LogP contribution in [0.4, 0.5) is 21.9 Å². The molecule has 3 heterocycles. The number of carbonyl (C=O) groups is 3. The van der Waals surface area contributed by atoms with Crippen LogP contribution in [0.1, 0.15) is 33.7 Å². The number of hydrogen-bond acceptors (Lipinski definition) is 7. The number of nitrogens with two attached hydrogens (primary N) is 1. The first-order valence-corrected chi connectivity index (χ1v) is 11.2. The smallest absolute Gasteiger partial charge is 0.404 e. The summed E-state index contributed by atoms with van der Waals surface area (Å²) in [6, 6.07) is 8.58. The van der Waals surface area contributed by atoms with Crippen molar-refractivity contribution in [2.24, 2.45) is 5.73 Å². The first-order chi connectivity index (χ1) is 16.4. The number of carbonyl (C=O) groups excluding carboxylic acids is 2. The second-order valence-corrected chi connectivity index (χ2v) is 8.30. The molecule has 5 N–H and O–H groups in total. The van der Waals surface area contributed by atoms with E-state index < -0.39 is 12.0 Å². The van der Waals surface area contributed by atoms with E-state index in [-0.39, 0.29) is 17.6 Å². The number of piperidine rings is 1. The molecule has 0 bridgehead atoms. The van der Waals surface area contributed by atoms with Gasteiger partial charge in [-0.15, -0.1) is 0 Å². The molecule has 11 heteroatoms. The van der Waals surface area contributed by atoms with Crippen molar-refractivity contribution in [3.8, 4) is 0 Å². The lowest BCUT2D eigenvalue weighted by Crippen LogP contribution is -2.47. The van der Waals surface area contributed by atoms with E-state index >= 15 is 0 Å². The molecule has 2 aliphatic rings. The largest absolute Gasteiger partial charge is 0.465 e. The molecular formula is C23H28N6O5. The Morgan fingerprint density at radius 2 is 1.85 bits per heavy atom. The van der Waals surface area contributed by atoms with E-state index in [9.17, 15) is 14.4 Å². The molecule has 0 radical (unpaired) electrons. The predicted molar refractivity (Wildman–Crippen MR) is 126 cm³/mol. The van der Waals surface area contributed by atoms with Crippen LogP contribution >= 0.6 is 0 Å². The topological polar surface area (TPSA) is 150 Å². The molecule has 2 aromatic rings. The highest BCUT2D eigenvalue weighted by atomic mass is 16.5. The Morgan fingerprint density at radius 1 is 1.12 bits per heavy atom. The van der Waals surface area contributed by atoms with Crippen molar-refractivity contribution >= 4 is 35.0 Å². The van der Waals surface area contributed by atoms with Crippen LogP contribution in [0, 0.1) is 0 Å². The summed E-state index contributed by atoms with van der Waals surface area (Å²) < 4.78 is 5.30. The third kappa shape index (κ3) is 5.54. The number of primary amides is 1. The summed E-state index contributed by atoms with van der Waals surface area (Å²) in [6.07, 6.45) is 2.10. The van der Waals surface area contributed by atoms with E-state index in [0.29, 0.717) is 49.8 Å². The van der Waals surface area contributed by atoms with Gasteiger partial charge in [0.1, 0.15) is 0 Å². The minimum atomic E-state index is -1.05. The fourth-order valence-electron chi connectivity index (χ4n) is 4.22. The maximum absolute atomic E-state index is 12.7. The number of amides is 3. The first kappa shape index (κ1) is 23.3. The van der Waals surface area contributed by atoms with Crippen molar-refractivity contribution in [3.05, 3.63) is 47.8 Å². The number of nitrogens with zero attached hydrogens (tertiary/aromatic N) is 3. The quantitative estimate of drug-likeness (QED) is 0.500. The van der Waals surface area contributed by atoms with Gasteiger partial charge in [0.15, 0.2) is 5.69 Å². The zero-order chi connectivity index (χ0) is 24.1. The molecule has 1 aromatic heterocycles. The molecule has 4 rings (SSSR count). The Kier molecular flexibility index (Phi) is 7.12. The molecule has 3 amide bonds. The number of nitrogens with one attached hydrogen (secondary N) is 2. The number of hydrogen-bond donors (Lipinski definition) is 4.